The summed E-state index contributed by atoms with van der Waals surface area (Å²) in [6, 6.07) is 10.2. The average molecular weight is 297 g/mol. The van der Waals surface area contributed by atoms with Gasteiger partial charge in [0.25, 0.3) is 0 Å². The molecule has 6 heteroatoms. The van der Waals surface area contributed by atoms with Gasteiger partial charge in [-0.05, 0) is 32.9 Å². The first-order valence-electron chi connectivity index (χ1n) is 7.23. The van der Waals surface area contributed by atoms with Crippen LogP contribution in [0.25, 0.3) is 5.69 Å². The molecule has 0 aliphatic carbocycles. The molecule has 0 aliphatic heterocycles. The molecule has 2 aromatic heterocycles. The van der Waals surface area contributed by atoms with Crippen LogP contribution in [0.2, 0.25) is 0 Å². The molecule has 22 heavy (non-hydrogen) atoms. The third kappa shape index (κ3) is 2.86. The topological polar surface area (TPSA) is 68.8 Å². The lowest BCUT2D eigenvalue weighted by molar-refractivity contribution is 0.450. The van der Waals surface area contributed by atoms with Crippen molar-refractivity contribution in [1.82, 2.24) is 20.0 Å². The second-order valence-corrected chi connectivity index (χ2v) is 5.44. The highest BCUT2D eigenvalue weighted by molar-refractivity contribution is 5.43. The van der Waals surface area contributed by atoms with Crippen LogP contribution in [0.3, 0.4) is 0 Å². The summed E-state index contributed by atoms with van der Waals surface area (Å²) in [5, 5.41) is 15.8. The number of rotatable bonds is 4. The Morgan fingerprint density at radius 1 is 1.09 bits per heavy atom. The maximum atomic E-state index is 5.43. The van der Waals surface area contributed by atoms with E-state index in [2.05, 4.69) is 51.8 Å². The molecule has 6 nitrogen and oxygen atoms in total. The lowest BCUT2D eigenvalue weighted by Gasteiger charge is -2.08. The maximum absolute atomic E-state index is 5.43. The molecule has 0 amide bonds. The second-order valence-electron chi connectivity index (χ2n) is 5.44. The van der Waals surface area contributed by atoms with E-state index in [-0.39, 0.29) is 6.04 Å². The van der Waals surface area contributed by atoms with E-state index in [0.717, 1.165) is 17.2 Å². The lowest BCUT2D eigenvalue weighted by Crippen LogP contribution is -2.08. The molecule has 0 aliphatic rings. The summed E-state index contributed by atoms with van der Waals surface area (Å²) in [6.45, 7) is 7.84. The zero-order valence-corrected chi connectivity index (χ0v) is 13.2. The molecule has 1 aromatic carbocycles. The van der Waals surface area contributed by atoms with Gasteiger partial charge >= 0.3 is 0 Å². The van der Waals surface area contributed by atoms with Gasteiger partial charge in [0.1, 0.15) is 11.9 Å². The van der Waals surface area contributed by atoms with Gasteiger partial charge in [0.15, 0.2) is 0 Å². The van der Waals surface area contributed by atoms with Gasteiger partial charge in [-0.2, -0.15) is 5.10 Å². The fraction of sp³-hybridized carbons (Fsp3) is 0.312. The zero-order valence-electron chi connectivity index (χ0n) is 13.2. The molecule has 0 spiro atoms. The smallest absolute Gasteiger partial charge is 0.238 e. The summed E-state index contributed by atoms with van der Waals surface area (Å²) in [7, 11) is 0. The van der Waals surface area contributed by atoms with Crippen LogP contribution in [0.4, 0.5) is 5.82 Å². The SMILES string of the molecule is Cc1ccc(-n2nc(NC(C)c3nnc(C)o3)cc2C)cc1. The van der Waals surface area contributed by atoms with Gasteiger partial charge in [-0.25, -0.2) is 4.68 Å². The number of anilines is 1. The van der Waals surface area contributed by atoms with Crippen LogP contribution in [0.1, 0.15) is 36.0 Å². The van der Waals surface area contributed by atoms with Crippen molar-refractivity contribution in [3.63, 3.8) is 0 Å². The summed E-state index contributed by atoms with van der Waals surface area (Å²) in [5.74, 6) is 1.89. The van der Waals surface area contributed by atoms with Crippen LogP contribution in [0.15, 0.2) is 34.7 Å². The normalized spacial score (nSPS) is 12.4. The van der Waals surface area contributed by atoms with Crippen LogP contribution < -0.4 is 5.32 Å². The Labute approximate surface area is 129 Å². The molecule has 0 radical (unpaired) electrons. The molecule has 0 saturated heterocycles. The van der Waals surface area contributed by atoms with Crippen molar-refractivity contribution in [3.05, 3.63) is 53.4 Å². The second kappa shape index (κ2) is 5.63. The third-order valence-corrected chi connectivity index (χ3v) is 3.44. The molecule has 1 unspecified atom stereocenters. The minimum absolute atomic E-state index is 0.0954. The number of benzene rings is 1. The van der Waals surface area contributed by atoms with Crippen molar-refractivity contribution < 1.29 is 4.42 Å². The maximum Gasteiger partial charge on any atom is 0.238 e. The van der Waals surface area contributed by atoms with E-state index in [1.165, 1.54) is 5.56 Å². The number of hydrogen-bond acceptors (Lipinski definition) is 5. The van der Waals surface area contributed by atoms with Gasteiger partial charge in [0, 0.05) is 18.7 Å². The first kappa shape index (κ1) is 14.3. The predicted octanol–water partition coefficient (Wildman–Crippen LogP) is 3.35. The number of aromatic nitrogens is 4. The van der Waals surface area contributed by atoms with Crippen molar-refractivity contribution in [2.24, 2.45) is 0 Å². The average Bonchev–Trinajstić information content (AvgIpc) is 3.06. The van der Waals surface area contributed by atoms with Crippen LogP contribution in [0.5, 0.6) is 0 Å². The van der Waals surface area contributed by atoms with Crippen LogP contribution >= 0.6 is 0 Å². The lowest BCUT2D eigenvalue weighted by atomic mass is 10.2. The highest BCUT2D eigenvalue weighted by Gasteiger charge is 2.14. The molecular formula is C16H19N5O. The Kier molecular flexibility index (Phi) is 3.66. The summed E-state index contributed by atoms with van der Waals surface area (Å²) in [4.78, 5) is 0. The van der Waals surface area contributed by atoms with E-state index in [1.807, 2.05) is 24.6 Å². The minimum Gasteiger partial charge on any atom is -0.423 e. The molecule has 3 rings (SSSR count). The largest absolute Gasteiger partial charge is 0.423 e. The highest BCUT2D eigenvalue weighted by atomic mass is 16.4. The van der Waals surface area contributed by atoms with E-state index in [0.29, 0.717) is 11.8 Å². The molecule has 1 N–H and O–H groups in total. The Hall–Kier alpha value is -2.63. The van der Waals surface area contributed by atoms with Crippen molar-refractivity contribution in [2.45, 2.75) is 33.7 Å². The monoisotopic (exact) mass is 297 g/mol. The quantitative estimate of drug-likeness (QED) is 0.799. The standard InChI is InChI=1S/C16H19N5O/c1-10-5-7-14(8-6-10)21-11(2)9-15(20-21)17-12(3)16-19-18-13(4)22-16/h5-9,12H,1-4H3,(H,17,20). The predicted molar refractivity (Wildman–Crippen MR) is 84.1 cm³/mol. The Bertz CT molecular complexity index is 772. The number of nitrogens with one attached hydrogen (secondary N) is 1. The Morgan fingerprint density at radius 3 is 2.45 bits per heavy atom. The van der Waals surface area contributed by atoms with Gasteiger partial charge in [0.05, 0.1) is 5.69 Å². The summed E-state index contributed by atoms with van der Waals surface area (Å²) in [5.41, 5.74) is 3.32. The van der Waals surface area contributed by atoms with E-state index in [9.17, 15) is 0 Å². The first-order valence-corrected chi connectivity index (χ1v) is 7.23. The van der Waals surface area contributed by atoms with Crippen LogP contribution in [-0.4, -0.2) is 20.0 Å². The summed E-state index contributed by atoms with van der Waals surface area (Å²) >= 11 is 0. The van der Waals surface area contributed by atoms with Crippen molar-refractivity contribution in [3.8, 4) is 5.69 Å². The number of aryl methyl sites for hydroxylation is 3. The molecular weight excluding hydrogens is 278 g/mol. The van der Waals surface area contributed by atoms with Gasteiger partial charge in [0.2, 0.25) is 11.8 Å². The van der Waals surface area contributed by atoms with Gasteiger partial charge in [-0.1, -0.05) is 17.7 Å². The number of nitrogens with zero attached hydrogens (tertiary/aromatic N) is 4. The molecule has 0 saturated carbocycles. The minimum atomic E-state index is -0.0954. The van der Waals surface area contributed by atoms with Gasteiger partial charge in [-0.3, -0.25) is 0 Å². The van der Waals surface area contributed by atoms with E-state index in [4.69, 9.17) is 4.42 Å². The molecule has 0 fully saturated rings. The molecule has 3 aromatic rings. The van der Waals surface area contributed by atoms with Crippen LogP contribution in [0, 0.1) is 20.8 Å². The van der Waals surface area contributed by atoms with Crippen molar-refractivity contribution >= 4 is 5.82 Å². The molecule has 114 valence electrons. The van der Waals surface area contributed by atoms with E-state index < -0.39 is 0 Å². The molecule has 2 heterocycles. The van der Waals surface area contributed by atoms with Crippen LogP contribution in [-0.2, 0) is 0 Å². The number of hydrogen-bond donors (Lipinski definition) is 1. The summed E-state index contributed by atoms with van der Waals surface area (Å²) in [6.07, 6.45) is 0. The molecule has 0 bridgehead atoms. The van der Waals surface area contributed by atoms with E-state index in [1.54, 1.807) is 6.92 Å². The van der Waals surface area contributed by atoms with Crippen molar-refractivity contribution in [2.75, 3.05) is 5.32 Å². The van der Waals surface area contributed by atoms with Crippen molar-refractivity contribution in [1.29, 1.82) is 0 Å². The first-order chi connectivity index (χ1) is 10.5. The highest BCUT2D eigenvalue weighted by Crippen LogP contribution is 2.20. The fourth-order valence-electron chi connectivity index (χ4n) is 2.26. The molecule has 1 atom stereocenters. The van der Waals surface area contributed by atoms with Gasteiger partial charge < -0.3 is 9.73 Å². The van der Waals surface area contributed by atoms with E-state index >= 15 is 0 Å². The fourth-order valence-corrected chi connectivity index (χ4v) is 2.26. The third-order valence-electron chi connectivity index (χ3n) is 3.44. The Morgan fingerprint density at radius 2 is 1.82 bits per heavy atom. The Balaban J connectivity index is 1.81. The zero-order chi connectivity index (χ0) is 15.7. The van der Waals surface area contributed by atoms with Gasteiger partial charge in [-0.15, -0.1) is 10.2 Å². The summed E-state index contributed by atoms with van der Waals surface area (Å²) < 4.78 is 7.34.